The molecule has 0 bridgehead atoms. The minimum absolute atomic E-state index is 0.408. The molecule has 0 unspecified atom stereocenters. The molecule has 0 saturated carbocycles. The van der Waals surface area contributed by atoms with Crippen molar-refractivity contribution in [1.29, 1.82) is 0 Å². The van der Waals surface area contributed by atoms with Crippen LogP contribution < -0.4 is 0 Å². The van der Waals surface area contributed by atoms with Crippen molar-refractivity contribution in [3.63, 3.8) is 0 Å². The molecule has 80 valence electrons. The fourth-order valence-electron chi connectivity index (χ4n) is 1.24. The highest BCUT2D eigenvalue weighted by molar-refractivity contribution is 5.85. The molecule has 0 aliphatic carbocycles. The van der Waals surface area contributed by atoms with E-state index in [0.717, 1.165) is 17.2 Å². The van der Waals surface area contributed by atoms with E-state index in [-0.39, 0.29) is 0 Å². The Bertz CT molecular complexity index is 518. The predicted molar refractivity (Wildman–Crippen MR) is 56.4 cm³/mol. The summed E-state index contributed by atoms with van der Waals surface area (Å²) < 4.78 is 5.04. The number of carboxylic acid groups (broad SMARTS) is 1. The molecule has 5 nitrogen and oxygen atoms in total. The van der Waals surface area contributed by atoms with Crippen LogP contribution in [0.4, 0.5) is 0 Å². The van der Waals surface area contributed by atoms with Gasteiger partial charge >= 0.3 is 5.97 Å². The van der Waals surface area contributed by atoms with E-state index >= 15 is 0 Å². The Morgan fingerprint density at radius 2 is 2.31 bits per heavy atom. The summed E-state index contributed by atoms with van der Waals surface area (Å²) in [6, 6.07) is 7.17. The fourth-order valence-corrected chi connectivity index (χ4v) is 1.24. The molecular formula is C11H8N2O3. The number of aromatic nitrogens is 2. The van der Waals surface area contributed by atoms with Crippen molar-refractivity contribution in [2.24, 2.45) is 0 Å². The van der Waals surface area contributed by atoms with Crippen LogP contribution in [0, 0.1) is 0 Å². The maximum absolute atomic E-state index is 10.4. The second-order valence-corrected chi connectivity index (χ2v) is 3.04. The number of hydrogen-bond acceptors (Lipinski definition) is 4. The average molecular weight is 216 g/mol. The minimum atomic E-state index is -0.983. The lowest BCUT2D eigenvalue weighted by molar-refractivity contribution is -0.131. The molecule has 1 N–H and O–H groups in total. The molecule has 0 aliphatic rings. The lowest BCUT2D eigenvalue weighted by Gasteiger charge is -1.96. The number of carboxylic acids is 1. The van der Waals surface area contributed by atoms with E-state index in [1.165, 1.54) is 12.5 Å². The third-order valence-corrected chi connectivity index (χ3v) is 1.91. The van der Waals surface area contributed by atoms with Gasteiger partial charge in [0, 0.05) is 11.6 Å². The van der Waals surface area contributed by atoms with Gasteiger partial charge in [0.15, 0.2) is 0 Å². The lowest BCUT2D eigenvalue weighted by Crippen LogP contribution is -1.86. The molecule has 2 aromatic rings. The Morgan fingerprint density at radius 1 is 1.44 bits per heavy atom. The Kier molecular flexibility index (Phi) is 2.77. The van der Waals surface area contributed by atoms with Gasteiger partial charge in [-0.1, -0.05) is 12.1 Å². The summed E-state index contributed by atoms with van der Waals surface area (Å²) in [6.45, 7) is 0. The maximum Gasteiger partial charge on any atom is 0.328 e. The van der Waals surface area contributed by atoms with Crippen LogP contribution in [0.5, 0.6) is 0 Å². The van der Waals surface area contributed by atoms with E-state index < -0.39 is 5.97 Å². The van der Waals surface area contributed by atoms with Crippen LogP contribution in [0.25, 0.3) is 17.5 Å². The van der Waals surface area contributed by atoms with Crippen LogP contribution in [0.15, 0.2) is 41.2 Å². The van der Waals surface area contributed by atoms with Gasteiger partial charge in [-0.15, -0.1) is 10.2 Å². The summed E-state index contributed by atoms with van der Waals surface area (Å²) in [4.78, 5) is 10.4. The first-order valence-electron chi connectivity index (χ1n) is 4.53. The van der Waals surface area contributed by atoms with E-state index in [0.29, 0.717) is 5.89 Å². The third-order valence-electron chi connectivity index (χ3n) is 1.91. The standard InChI is InChI=1S/C11H8N2O3/c14-10(15)5-4-8-2-1-3-9(6-8)11-13-12-7-16-11/h1-7H,(H,14,15). The molecular weight excluding hydrogens is 208 g/mol. The van der Waals surface area contributed by atoms with Crippen molar-refractivity contribution in [3.05, 3.63) is 42.3 Å². The monoisotopic (exact) mass is 216 g/mol. The first-order valence-corrected chi connectivity index (χ1v) is 4.53. The maximum atomic E-state index is 10.4. The smallest absolute Gasteiger partial charge is 0.328 e. The van der Waals surface area contributed by atoms with Gasteiger partial charge in [-0.3, -0.25) is 0 Å². The molecule has 1 aromatic heterocycles. The molecule has 0 fully saturated rings. The third kappa shape index (κ3) is 2.33. The number of aliphatic carboxylic acids is 1. The van der Waals surface area contributed by atoms with Crippen LogP contribution >= 0.6 is 0 Å². The van der Waals surface area contributed by atoms with Gasteiger partial charge < -0.3 is 9.52 Å². The summed E-state index contributed by atoms with van der Waals surface area (Å²) in [5.74, 6) is -0.575. The topological polar surface area (TPSA) is 76.2 Å². The zero-order chi connectivity index (χ0) is 11.4. The van der Waals surface area contributed by atoms with E-state index in [4.69, 9.17) is 9.52 Å². The van der Waals surface area contributed by atoms with Gasteiger partial charge in [0.1, 0.15) is 0 Å². The van der Waals surface area contributed by atoms with Gasteiger partial charge in [0.2, 0.25) is 12.3 Å². The number of benzene rings is 1. The Labute approximate surface area is 91.1 Å². The van der Waals surface area contributed by atoms with Crippen molar-refractivity contribution in [3.8, 4) is 11.5 Å². The number of hydrogen-bond donors (Lipinski definition) is 1. The Balaban J connectivity index is 2.30. The van der Waals surface area contributed by atoms with Gasteiger partial charge in [0.25, 0.3) is 0 Å². The molecule has 0 spiro atoms. The van der Waals surface area contributed by atoms with Crippen LogP contribution in [0.1, 0.15) is 5.56 Å². The molecule has 16 heavy (non-hydrogen) atoms. The summed E-state index contributed by atoms with van der Waals surface area (Å²) >= 11 is 0. The van der Waals surface area contributed by atoms with E-state index in [1.54, 1.807) is 18.2 Å². The summed E-state index contributed by atoms with van der Waals surface area (Å²) in [6.07, 6.45) is 3.82. The predicted octanol–water partition coefficient (Wildman–Crippen LogP) is 1.83. The van der Waals surface area contributed by atoms with Crippen LogP contribution in [-0.4, -0.2) is 21.3 Å². The molecule has 0 aliphatic heterocycles. The van der Waals surface area contributed by atoms with E-state index in [9.17, 15) is 4.79 Å². The summed E-state index contributed by atoms with van der Waals surface area (Å²) in [5.41, 5.74) is 1.52. The number of nitrogens with zero attached hydrogens (tertiary/aromatic N) is 2. The van der Waals surface area contributed by atoms with Gasteiger partial charge in [-0.25, -0.2) is 4.79 Å². The average Bonchev–Trinajstić information content (AvgIpc) is 2.80. The zero-order valence-corrected chi connectivity index (χ0v) is 8.20. The molecule has 1 heterocycles. The highest BCUT2D eigenvalue weighted by Crippen LogP contribution is 2.17. The van der Waals surface area contributed by atoms with E-state index in [1.807, 2.05) is 6.07 Å². The highest BCUT2D eigenvalue weighted by Gasteiger charge is 2.02. The zero-order valence-electron chi connectivity index (χ0n) is 8.20. The van der Waals surface area contributed by atoms with Crippen molar-refractivity contribution in [2.75, 3.05) is 0 Å². The second-order valence-electron chi connectivity index (χ2n) is 3.04. The molecule has 5 heteroatoms. The molecule has 0 atom stereocenters. The normalized spacial score (nSPS) is 10.8. The first-order chi connectivity index (χ1) is 7.75. The van der Waals surface area contributed by atoms with Gasteiger partial charge in [-0.05, 0) is 23.8 Å². The Hall–Kier alpha value is -2.43. The van der Waals surface area contributed by atoms with Gasteiger partial charge in [-0.2, -0.15) is 0 Å². The molecule has 1 aromatic carbocycles. The first kappa shape index (κ1) is 10.1. The minimum Gasteiger partial charge on any atom is -0.478 e. The number of carbonyl (C=O) groups is 1. The van der Waals surface area contributed by atoms with Crippen LogP contribution in [0.2, 0.25) is 0 Å². The SMILES string of the molecule is O=C(O)C=Cc1cccc(-c2nnco2)c1. The molecule has 0 amide bonds. The van der Waals surface area contributed by atoms with Crippen LogP contribution in [0.3, 0.4) is 0 Å². The lowest BCUT2D eigenvalue weighted by atomic mass is 10.1. The second kappa shape index (κ2) is 4.39. The van der Waals surface area contributed by atoms with Gasteiger partial charge in [0.05, 0.1) is 0 Å². The van der Waals surface area contributed by atoms with Crippen LogP contribution in [-0.2, 0) is 4.79 Å². The molecule has 2 rings (SSSR count). The summed E-state index contributed by atoms with van der Waals surface area (Å²) in [5, 5.41) is 15.8. The summed E-state index contributed by atoms with van der Waals surface area (Å²) in [7, 11) is 0. The van der Waals surface area contributed by atoms with Crippen molar-refractivity contribution >= 4 is 12.0 Å². The van der Waals surface area contributed by atoms with Crippen molar-refractivity contribution in [2.45, 2.75) is 0 Å². The number of rotatable bonds is 3. The Morgan fingerprint density at radius 3 is 3.00 bits per heavy atom. The quantitative estimate of drug-likeness (QED) is 0.792. The van der Waals surface area contributed by atoms with Crippen molar-refractivity contribution in [1.82, 2.24) is 10.2 Å². The molecule has 0 radical (unpaired) electrons. The fraction of sp³-hybridized carbons (Fsp3) is 0. The largest absolute Gasteiger partial charge is 0.478 e. The highest BCUT2D eigenvalue weighted by atomic mass is 16.4. The van der Waals surface area contributed by atoms with E-state index in [2.05, 4.69) is 10.2 Å². The van der Waals surface area contributed by atoms with Crippen molar-refractivity contribution < 1.29 is 14.3 Å². The molecule has 0 saturated heterocycles.